The van der Waals surface area contributed by atoms with Gasteiger partial charge in [-0.3, -0.25) is 14.1 Å². The number of esters is 2. The van der Waals surface area contributed by atoms with Gasteiger partial charge < -0.3 is 9.47 Å². The van der Waals surface area contributed by atoms with Gasteiger partial charge in [0.2, 0.25) is 0 Å². The van der Waals surface area contributed by atoms with Crippen molar-refractivity contribution in [1.82, 2.24) is 0 Å². The monoisotopic (exact) mass is 362 g/mol. The second-order valence-corrected chi connectivity index (χ2v) is 9.20. The van der Waals surface area contributed by atoms with Crippen LogP contribution in [0.3, 0.4) is 0 Å². The summed E-state index contributed by atoms with van der Waals surface area (Å²) in [6.07, 6.45) is -0.780. The van der Waals surface area contributed by atoms with Gasteiger partial charge in [-0.25, -0.2) is 0 Å². The summed E-state index contributed by atoms with van der Waals surface area (Å²) in [5.74, 6) is -2.05. The van der Waals surface area contributed by atoms with E-state index in [1.807, 2.05) is 20.8 Å². The van der Waals surface area contributed by atoms with Crippen LogP contribution in [0.2, 0.25) is 0 Å². The van der Waals surface area contributed by atoms with Gasteiger partial charge in [-0.05, 0) is 10.8 Å². The van der Waals surface area contributed by atoms with Gasteiger partial charge >= 0.3 is 41.5 Å². The van der Waals surface area contributed by atoms with Crippen molar-refractivity contribution in [3.8, 4) is 0 Å². The molecule has 0 radical (unpaired) electrons. The van der Waals surface area contributed by atoms with Crippen molar-refractivity contribution < 1.29 is 32.0 Å². The molecular formula is C14H27NaO7S. The first-order chi connectivity index (χ1) is 9.62. The molecule has 1 atom stereocenters. The maximum atomic E-state index is 11.8. The van der Waals surface area contributed by atoms with Crippen molar-refractivity contribution in [1.29, 1.82) is 0 Å². The van der Waals surface area contributed by atoms with Crippen LogP contribution in [0.15, 0.2) is 0 Å². The Balaban J connectivity index is 0. The average Bonchev–Trinajstić information content (AvgIpc) is 2.27. The summed E-state index contributed by atoms with van der Waals surface area (Å²) < 4.78 is 41.4. The molecule has 9 heteroatoms. The third kappa shape index (κ3) is 12.9. The van der Waals surface area contributed by atoms with Gasteiger partial charge in [-0.15, -0.1) is 0 Å². The third-order valence-electron chi connectivity index (χ3n) is 2.29. The van der Waals surface area contributed by atoms with Crippen molar-refractivity contribution in [3.05, 3.63) is 0 Å². The molecule has 0 aromatic carbocycles. The first-order valence-electron chi connectivity index (χ1n) is 6.90. The summed E-state index contributed by atoms with van der Waals surface area (Å²) in [5, 5.41) is -1.97. The molecule has 1 unspecified atom stereocenters. The van der Waals surface area contributed by atoms with Crippen LogP contribution in [-0.4, -0.2) is 72.9 Å². The van der Waals surface area contributed by atoms with Gasteiger partial charge in [0.25, 0.3) is 10.1 Å². The van der Waals surface area contributed by atoms with E-state index in [0.717, 1.165) is 0 Å². The van der Waals surface area contributed by atoms with E-state index in [4.69, 9.17) is 14.0 Å². The minimum atomic E-state index is -4.76. The van der Waals surface area contributed by atoms with Gasteiger partial charge in [0.1, 0.15) is 0 Å². The predicted octanol–water partition coefficient (Wildman–Crippen LogP) is 1.16. The zero-order valence-electron chi connectivity index (χ0n) is 14.0. The Morgan fingerprint density at radius 3 is 1.70 bits per heavy atom. The van der Waals surface area contributed by atoms with Gasteiger partial charge in [0.05, 0.1) is 19.6 Å². The summed E-state index contributed by atoms with van der Waals surface area (Å²) in [6, 6.07) is 0. The van der Waals surface area contributed by atoms with Crippen LogP contribution in [0.5, 0.6) is 0 Å². The molecule has 0 aliphatic carbocycles. The molecule has 0 aromatic rings. The van der Waals surface area contributed by atoms with E-state index in [1.165, 1.54) is 0 Å². The van der Waals surface area contributed by atoms with Crippen LogP contribution in [0, 0.1) is 10.8 Å². The normalized spacial score (nSPS) is 13.7. The summed E-state index contributed by atoms with van der Waals surface area (Å²) in [6.45, 7) is 10.9. The minimum absolute atomic E-state index is 0. The van der Waals surface area contributed by atoms with Crippen molar-refractivity contribution in [2.75, 3.05) is 13.2 Å². The fraction of sp³-hybridized carbons (Fsp3) is 0.857. The number of hydrogen-bond donors (Lipinski definition) is 1. The molecule has 0 rings (SSSR count). The van der Waals surface area contributed by atoms with Crippen LogP contribution < -0.4 is 0 Å². The van der Waals surface area contributed by atoms with Gasteiger partial charge in [-0.1, -0.05) is 41.5 Å². The molecule has 0 saturated heterocycles. The third-order valence-corrected chi connectivity index (χ3v) is 3.37. The van der Waals surface area contributed by atoms with E-state index in [-0.39, 0.29) is 53.6 Å². The van der Waals surface area contributed by atoms with Gasteiger partial charge in [0.15, 0.2) is 5.25 Å². The quantitative estimate of drug-likeness (QED) is 0.429. The Bertz CT molecular complexity index is 500. The second kappa shape index (κ2) is 9.36. The molecule has 0 aliphatic heterocycles. The zero-order valence-corrected chi connectivity index (χ0v) is 14.8. The fourth-order valence-electron chi connectivity index (χ4n) is 1.20. The number of rotatable bonds is 6. The average molecular weight is 362 g/mol. The fourth-order valence-corrected chi connectivity index (χ4v) is 1.86. The van der Waals surface area contributed by atoms with Crippen LogP contribution in [0.1, 0.15) is 48.0 Å². The van der Waals surface area contributed by atoms with E-state index in [1.54, 1.807) is 20.8 Å². The van der Waals surface area contributed by atoms with Crippen LogP contribution in [0.4, 0.5) is 0 Å². The number of hydrogen-bond acceptors (Lipinski definition) is 6. The Morgan fingerprint density at radius 2 is 1.35 bits per heavy atom. The summed E-state index contributed by atoms with van der Waals surface area (Å²) in [7, 11) is -4.76. The molecule has 23 heavy (non-hydrogen) atoms. The van der Waals surface area contributed by atoms with Crippen LogP contribution in [0.25, 0.3) is 0 Å². The topological polar surface area (TPSA) is 107 Å². The molecule has 1 N–H and O–H groups in total. The molecule has 0 spiro atoms. The molecule has 0 aliphatic rings. The standard InChI is InChI=1S/C14H26O7S.Na.H/c1-13(2,3)8-20-11(15)7-10(22(17,18)19)12(16)21-9-14(4,5)6;;/h10H,7-9H2,1-6H3,(H,17,18,19);;. The molecule has 0 fully saturated rings. The van der Waals surface area contributed by atoms with E-state index >= 15 is 0 Å². The molecular weight excluding hydrogens is 335 g/mol. The molecule has 0 bridgehead atoms. The zero-order chi connectivity index (χ0) is 17.8. The van der Waals surface area contributed by atoms with E-state index in [0.29, 0.717) is 0 Å². The van der Waals surface area contributed by atoms with Crippen molar-refractivity contribution in [2.24, 2.45) is 10.8 Å². The van der Waals surface area contributed by atoms with E-state index < -0.39 is 33.7 Å². The van der Waals surface area contributed by atoms with Gasteiger partial charge in [0, 0.05) is 0 Å². The summed E-state index contributed by atoms with van der Waals surface area (Å²) in [5.41, 5.74) is -0.665. The van der Waals surface area contributed by atoms with E-state index in [2.05, 4.69) is 0 Å². The number of carbonyl (C=O) groups is 2. The first kappa shape index (κ1) is 25.1. The second-order valence-electron chi connectivity index (χ2n) is 7.60. The predicted molar refractivity (Wildman–Crippen MR) is 87.9 cm³/mol. The SMILES string of the molecule is CC(C)(C)COC(=O)CC(C(=O)OCC(C)(C)C)S(=O)(=O)O.[NaH]. The van der Waals surface area contributed by atoms with Crippen LogP contribution in [-0.2, 0) is 29.2 Å². The Hall–Kier alpha value is -0.150. The van der Waals surface area contributed by atoms with Crippen LogP contribution >= 0.6 is 0 Å². The van der Waals surface area contributed by atoms with Gasteiger partial charge in [-0.2, -0.15) is 8.42 Å². The number of ether oxygens (including phenoxy) is 2. The first-order valence-corrected chi connectivity index (χ1v) is 8.41. The molecule has 7 nitrogen and oxygen atoms in total. The maximum absolute atomic E-state index is 11.8. The Morgan fingerprint density at radius 1 is 0.957 bits per heavy atom. The molecule has 0 aromatic heterocycles. The van der Waals surface area contributed by atoms with Crippen molar-refractivity contribution >= 4 is 51.6 Å². The molecule has 0 amide bonds. The Kier molecular flexibility index (Phi) is 10.2. The summed E-state index contributed by atoms with van der Waals surface area (Å²) >= 11 is 0. The van der Waals surface area contributed by atoms with E-state index in [9.17, 15) is 18.0 Å². The Labute approximate surface area is 160 Å². The van der Waals surface area contributed by atoms with Crippen molar-refractivity contribution in [3.63, 3.8) is 0 Å². The molecule has 0 saturated carbocycles. The molecule has 132 valence electrons. The molecule has 0 heterocycles. The summed E-state index contributed by atoms with van der Waals surface area (Å²) in [4.78, 5) is 23.5. The van der Waals surface area contributed by atoms with Crippen molar-refractivity contribution in [2.45, 2.75) is 53.2 Å². The number of carbonyl (C=O) groups excluding carboxylic acids is 2.